The van der Waals surface area contributed by atoms with E-state index in [9.17, 15) is 9.18 Å². The predicted octanol–water partition coefficient (Wildman–Crippen LogP) is 3.62. The van der Waals surface area contributed by atoms with Crippen LogP contribution in [-0.4, -0.2) is 55.4 Å². The highest BCUT2D eigenvalue weighted by Gasteiger charge is 2.35. The highest BCUT2D eigenvalue weighted by molar-refractivity contribution is 6.03. The molecule has 158 valence electrons. The number of ether oxygens (including phenoxy) is 2. The number of hydrogen-bond acceptors (Lipinski definition) is 5. The third-order valence-corrected chi connectivity index (χ3v) is 5.68. The molecule has 1 unspecified atom stereocenters. The summed E-state index contributed by atoms with van der Waals surface area (Å²) >= 11 is 0. The van der Waals surface area contributed by atoms with Crippen molar-refractivity contribution >= 4 is 11.6 Å². The molecule has 0 N–H and O–H groups in total. The van der Waals surface area contributed by atoms with Crippen LogP contribution in [0.1, 0.15) is 36.4 Å². The summed E-state index contributed by atoms with van der Waals surface area (Å²) in [6, 6.07) is 11.6. The first kappa shape index (κ1) is 20.3. The quantitative estimate of drug-likeness (QED) is 0.729. The minimum absolute atomic E-state index is 0.0637. The van der Waals surface area contributed by atoms with Gasteiger partial charge in [0.05, 0.1) is 32.5 Å². The number of methoxy groups -OCH3 is 2. The molecule has 2 aliphatic rings. The van der Waals surface area contributed by atoms with E-state index in [0.29, 0.717) is 35.7 Å². The Hall–Kier alpha value is -2.93. The molecule has 0 spiro atoms. The van der Waals surface area contributed by atoms with Crippen LogP contribution < -0.4 is 9.47 Å². The first-order chi connectivity index (χ1) is 14.6. The van der Waals surface area contributed by atoms with Gasteiger partial charge < -0.3 is 9.47 Å². The largest absolute Gasteiger partial charge is 0.497 e. The van der Waals surface area contributed by atoms with E-state index in [1.54, 1.807) is 31.4 Å². The Morgan fingerprint density at radius 1 is 1.13 bits per heavy atom. The normalized spacial score (nSPS) is 19.1. The van der Waals surface area contributed by atoms with Crippen LogP contribution in [0.2, 0.25) is 0 Å². The van der Waals surface area contributed by atoms with Crippen molar-refractivity contribution in [2.45, 2.75) is 25.3 Å². The number of amides is 1. The van der Waals surface area contributed by atoms with Gasteiger partial charge in [-0.05, 0) is 50.2 Å². The van der Waals surface area contributed by atoms with Gasteiger partial charge in [0, 0.05) is 23.6 Å². The van der Waals surface area contributed by atoms with Crippen molar-refractivity contribution in [3.8, 4) is 11.5 Å². The second-order valence-corrected chi connectivity index (χ2v) is 7.61. The van der Waals surface area contributed by atoms with Gasteiger partial charge in [-0.1, -0.05) is 12.1 Å². The van der Waals surface area contributed by atoms with E-state index >= 15 is 0 Å². The molecule has 30 heavy (non-hydrogen) atoms. The molecule has 2 aromatic rings. The zero-order valence-electron chi connectivity index (χ0n) is 17.3. The summed E-state index contributed by atoms with van der Waals surface area (Å²) in [4.78, 5) is 15.3. The summed E-state index contributed by atoms with van der Waals surface area (Å²) < 4.78 is 24.7. The minimum Gasteiger partial charge on any atom is -0.497 e. The SMILES string of the molecule is COc1ccc(C2CC(c3cccc(F)c3)=NN2C(=O)CN2CCCC2)c(OC)c1. The Morgan fingerprint density at radius 2 is 1.93 bits per heavy atom. The second-order valence-electron chi connectivity index (χ2n) is 7.61. The van der Waals surface area contributed by atoms with Crippen molar-refractivity contribution in [1.29, 1.82) is 0 Å². The van der Waals surface area contributed by atoms with Gasteiger partial charge >= 0.3 is 0 Å². The van der Waals surface area contributed by atoms with Crippen LogP contribution >= 0.6 is 0 Å². The van der Waals surface area contributed by atoms with E-state index in [4.69, 9.17) is 9.47 Å². The van der Waals surface area contributed by atoms with Gasteiger partial charge in [-0.2, -0.15) is 5.10 Å². The van der Waals surface area contributed by atoms with Crippen molar-refractivity contribution in [3.63, 3.8) is 0 Å². The number of hydrogen-bond donors (Lipinski definition) is 0. The van der Waals surface area contributed by atoms with Gasteiger partial charge in [0.25, 0.3) is 5.91 Å². The van der Waals surface area contributed by atoms with E-state index in [-0.39, 0.29) is 17.8 Å². The molecule has 0 aliphatic carbocycles. The maximum atomic E-state index is 13.8. The molecule has 2 heterocycles. The minimum atomic E-state index is -0.323. The smallest absolute Gasteiger partial charge is 0.257 e. The van der Waals surface area contributed by atoms with Crippen LogP contribution in [0.25, 0.3) is 0 Å². The third kappa shape index (κ3) is 4.16. The molecule has 6 nitrogen and oxygen atoms in total. The molecule has 1 atom stereocenters. The number of benzene rings is 2. The zero-order valence-corrected chi connectivity index (χ0v) is 17.3. The van der Waals surface area contributed by atoms with Gasteiger partial charge in [0.1, 0.15) is 17.3 Å². The van der Waals surface area contributed by atoms with E-state index in [1.807, 2.05) is 18.2 Å². The average Bonchev–Trinajstić information content (AvgIpc) is 3.43. The lowest BCUT2D eigenvalue weighted by molar-refractivity contribution is -0.134. The highest BCUT2D eigenvalue weighted by atomic mass is 19.1. The monoisotopic (exact) mass is 411 g/mol. The molecular formula is C23H26FN3O3. The number of hydrazone groups is 1. The molecule has 0 radical (unpaired) electrons. The number of carbonyl (C=O) groups is 1. The molecule has 0 bridgehead atoms. The summed E-state index contributed by atoms with van der Waals surface area (Å²) in [6.07, 6.45) is 2.71. The zero-order chi connectivity index (χ0) is 21.1. The van der Waals surface area contributed by atoms with Crippen molar-refractivity contribution in [3.05, 3.63) is 59.4 Å². The first-order valence-corrected chi connectivity index (χ1v) is 10.2. The van der Waals surface area contributed by atoms with Crippen molar-refractivity contribution < 1.29 is 18.7 Å². The Labute approximate surface area is 175 Å². The van der Waals surface area contributed by atoms with Crippen molar-refractivity contribution in [1.82, 2.24) is 9.91 Å². The molecule has 0 aromatic heterocycles. The fourth-order valence-corrected chi connectivity index (χ4v) is 4.12. The van der Waals surface area contributed by atoms with Crippen LogP contribution in [0.5, 0.6) is 11.5 Å². The van der Waals surface area contributed by atoms with Crippen molar-refractivity contribution in [2.24, 2.45) is 5.10 Å². The van der Waals surface area contributed by atoms with Crippen LogP contribution in [0.4, 0.5) is 4.39 Å². The Bertz CT molecular complexity index is 956. The summed E-state index contributed by atoms with van der Waals surface area (Å²) in [5, 5.41) is 6.18. The Kier molecular flexibility index (Phi) is 5.99. The van der Waals surface area contributed by atoms with Crippen LogP contribution in [0.3, 0.4) is 0 Å². The lowest BCUT2D eigenvalue weighted by atomic mass is 9.97. The summed E-state index contributed by atoms with van der Waals surface area (Å²) in [6.45, 7) is 2.18. The number of halogens is 1. The van der Waals surface area contributed by atoms with Gasteiger partial charge in [-0.25, -0.2) is 9.40 Å². The van der Waals surface area contributed by atoms with E-state index in [2.05, 4.69) is 10.0 Å². The molecule has 7 heteroatoms. The number of carbonyl (C=O) groups excluding carboxylic acids is 1. The Morgan fingerprint density at radius 3 is 2.63 bits per heavy atom. The molecule has 1 fully saturated rings. The second kappa shape index (κ2) is 8.83. The van der Waals surface area contributed by atoms with Gasteiger partial charge in [0.2, 0.25) is 0 Å². The number of likely N-dealkylation sites (tertiary alicyclic amines) is 1. The standard InChI is InChI=1S/C23H26FN3O3/c1-29-18-8-9-19(22(13-18)30-2)21-14-20(16-6-5-7-17(24)12-16)25-27(21)23(28)15-26-10-3-4-11-26/h5-9,12-13,21H,3-4,10-11,14-15H2,1-2H3. The highest BCUT2D eigenvalue weighted by Crippen LogP contribution is 2.39. The van der Waals surface area contributed by atoms with Gasteiger partial charge in [0.15, 0.2) is 0 Å². The van der Waals surface area contributed by atoms with E-state index in [0.717, 1.165) is 31.5 Å². The average molecular weight is 411 g/mol. The summed E-state index contributed by atoms with van der Waals surface area (Å²) in [5.74, 6) is 0.922. The first-order valence-electron chi connectivity index (χ1n) is 10.2. The molecule has 2 aliphatic heterocycles. The van der Waals surface area contributed by atoms with E-state index < -0.39 is 0 Å². The molecule has 2 aromatic carbocycles. The van der Waals surface area contributed by atoms with Crippen LogP contribution in [0.15, 0.2) is 47.6 Å². The van der Waals surface area contributed by atoms with Crippen LogP contribution in [-0.2, 0) is 4.79 Å². The molecule has 0 saturated carbocycles. The molecule has 1 saturated heterocycles. The van der Waals surface area contributed by atoms with E-state index in [1.165, 1.54) is 12.1 Å². The molecule has 1 amide bonds. The molecule has 4 rings (SSSR count). The fourth-order valence-electron chi connectivity index (χ4n) is 4.12. The lowest BCUT2D eigenvalue weighted by Gasteiger charge is -2.25. The summed E-state index contributed by atoms with van der Waals surface area (Å²) in [7, 11) is 3.19. The summed E-state index contributed by atoms with van der Waals surface area (Å²) in [5.41, 5.74) is 2.22. The maximum Gasteiger partial charge on any atom is 0.257 e. The lowest BCUT2D eigenvalue weighted by Crippen LogP contribution is -2.37. The maximum absolute atomic E-state index is 13.8. The molecular weight excluding hydrogens is 385 g/mol. The van der Waals surface area contributed by atoms with Crippen LogP contribution in [0, 0.1) is 5.82 Å². The number of rotatable bonds is 6. The Balaban J connectivity index is 1.68. The fraction of sp³-hybridized carbons (Fsp3) is 0.391. The van der Waals surface area contributed by atoms with Crippen molar-refractivity contribution in [2.75, 3.05) is 33.9 Å². The topological polar surface area (TPSA) is 54.4 Å². The van der Waals surface area contributed by atoms with Gasteiger partial charge in [-0.15, -0.1) is 0 Å². The number of nitrogens with zero attached hydrogens (tertiary/aromatic N) is 3. The third-order valence-electron chi connectivity index (χ3n) is 5.68. The van der Waals surface area contributed by atoms with Gasteiger partial charge in [-0.3, -0.25) is 9.69 Å². The predicted molar refractivity (Wildman–Crippen MR) is 112 cm³/mol.